The largest absolute Gasteiger partial charge is 0.330 e. The quantitative estimate of drug-likeness (QED) is 0.776. The maximum atomic E-state index is 12.8. The molecule has 0 saturated heterocycles. The van der Waals surface area contributed by atoms with Crippen molar-refractivity contribution >= 4 is 0 Å². The third-order valence-corrected chi connectivity index (χ3v) is 2.76. The lowest BCUT2D eigenvalue weighted by atomic mass is 9.63. The van der Waals surface area contributed by atoms with Crippen LogP contribution in [-0.2, 0) is 5.41 Å². The number of nitrogens with zero attached hydrogens (tertiary/aromatic N) is 2. The molecule has 1 saturated carbocycles. The number of alkyl halides is 2. The van der Waals surface area contributed by atoms with E-state index in [0.717, 1.165) is 0 Å². The van der Waals surface area contributed by atoms with Gasteiger partial charge in [-0.1, -0.05) is 0 Å². The fourth-order valence-corrected chi connectivity index (χ4v) is 1.98. The predicted molar refractivity (Wildman–Crippen MR) is 46.9 cm³/mol. The van der Waals surface area contributed by atoms with Crippen molar-refractivity contribution in [2.75, 3.05) is 6.54 Å². The molecule has 1 aliphatic rings. The molecular weight excluding hydrogens is 188 g/mol. The molecule has 1 aliphatic carbocycles. The van der Waals surface area contributed by atoms with Gasteiger partial charge in [-0.25, -0.2) is 18.7 Å². The summed E-state index contributed by atoms with van der Waals surface area (Å²) in [7, 11) is 0. The Labute approximate surface area is 80.4 Å². The van der Waals surface area contributed by atoms with Crippen molar-refractivity contribution in [1.82, 2.24) is 9.97 Å². The number of hydrogen-bond acceptors (Lipinski definition) is 3. The minimum absolute atomic E-state index is 0.191. The van der Waals surface area contributed by atoms with E-state index in [0.29, 0.717) is 5.56 Å². The zero-order valence-electron chi connectivity index (χ0n) is 7.58. The highest BCUT2D eigenvalue weighted by Crippen LogP contribution is 2.52. The fraction of sp³-hybridized carbons (Fsp3) is 0.556. The van der Waals surface area contributed by atoms with Crippen LogP contribution in [0.2, 0.25) is 0 Å². The van der Waals surface area contributed by atoms with Crippen LogP contribution in [0.3, 0.4) is 0 Å². The average molecular weight is 199 g/mol. The first-order valence-electron chi connectivity index (χ1n) is 4.41. The number of hydrogen-bond donors (Lipinski definition) is 1. The standard InChI is InChI=1S/C9H11F2N3/c10-9(11)3-8(4-9,5-12)7-1-13-6-14-2-7/h1-2,6H,3-5,12H2. The monoisotopic (exact) mass is 199 g/mol. The molecule has 1 fully saturated rings. The Bertz CT molecular complexity index is 318. The Morgan fingerprint density at radius 1 is 1.29 bits per heavy atom. The van der Waals surface area contributed by atoms with E-state index >= 15 is 0 Å². The van der Waals surface area contributed by atoms with E-state index in [1.54, 1.807) is 12.4 Å². The molecule has 76 valence electrons. The van der Waals surface area contributed by atoms with Gasteiger partial charge in [0.15, 0.2) is 0 Å². The Kier molecular flexibility index (Phi) is 1.99. The van der Waals surface area contributed by atoms with E-state index in [-0.39, 0.29) is 19.4 Å². The molecule has 0 bridgehead atoms. The van der Waals surface area contributed by atoms with Crippen LogP contribution < -0.4 is 5.73 Å². The highest BCUT2D eigenvalue weighted by Gasteiger charge is 2.56. The molecule has 1 heterocycles. The molecule has 14 heavy (non-hydrogen) atoms. The summed E-state index contributed by atoms with van der Waals surface area (Å²) in [6, 6.07) is 0. The summed E-state index contributed by atoms with van der Waals surface area (Å²) < 4.78 is 25.6. The first kappa shape index (κ1) is 9.45. The molecule has 0 amide bonds. The Morgan fingerprint density at radius 2 is 1.86 bits per heavy atom. The van der Waals surface area contributed by atoms with E-state index < -0.39 is 11.3 Å². The lowest BCUT2D eigenvalue weighted by Crippen LogP contribution is -2.53. The highest BCUT2D eigenvalue weighted by molar-refractivity contribution is 5.26. The van der Waals surface area contributed by atoms with Crippen LogP contribution in [0.1, 0.15) is 18.4 Å². The molecule has 2 rings (SSSR count). The van der Waals surface area contributed by atoms with E-state index in [4.69, 9.17) is 5.73 Å². The maximum Gasteiger partial charge on any atom is 0.250 e. The molecule has 0 unspecified atom stereocenters. The van der Waals surface area contributed by atoms with Crippen molar-refractivity contribution in [3.05, 3.63) is 24.3 Å². The van der Waals surface area contributed by atoms with Crippen LogP contribution in [-0.4, -0.2) is 22.4 Å². The summed E-state index contributed by atoms with van der Waals surface area (Å²) in [4.78, 5) is 7.63. The second kappa shape index (κ2) is 2.95. The van der Waals surface area contributed by atoms with Crippen molar-refractivity contribution in [3.63, 3.8) is 0 Å². The van der Waals surface area contributed by atoms with E-state index in [2.05, 4.69) is 9.97 Å². The zero-order chi connectivity index (χ0) is 10.2. The highest BCUT2D eigenvalue weighted by atomic mass is 19.3. The van der Waals surface area contributed by atoms with Gasteiger partial charge in [-0.15, -0.1) is 0 Å². The van der Waals surface area contributed by atoms with Gasteiger partial charge in [0.25, 0.3) is 0 Å². The number of rotatable bonds is 2. The second-order valence-corrected chi connectivity index (χ2v) is 3.82. The summed E-state index contributed by atoms with van der Waals surface area (Å²) in [5.74, 6) is -2.57. The number of halogens is 2. The molecule has 0 aliphatic heterocycles. The average Bonchev–Trinajstić information content (AvgIpc) is 2.15. The molecule has 0 atom stereocenters. The predicted octanol–water partition coefficient (Wildman–Crippen LogP) is 1.10. The molecule has 0 aromatic carbocycles. The van der Waals surface area contributed by atoms with Crippen LogP contribution in [0.25, 0.3) is 0 Å². The minimum atomic E-state index is -2.57. The Balaban J connectivity index is 2.25. The Hall–Kier alpha value is -1.10. The zero-order valence-corrected chi connectivity index (χ0v) is 7.58. The normalized spacial score (nSPS) is 22.8. The SMILES string of the molecule is NCC1(c2cncnc2)CC(F)(F)C1. The number of aromatic nitrogens is 2. The van der Waals surface area contributed by atoms with Crippen LogP contribution >= 0.6 is 0 Å². The van der Waals surface area contributed by atoms with Crippen LogP contribution in [0, 0.1) is 0 Å². The Morgan fingerprint density at radius 3 is 2.29 bits per heavy atom. The molecule has 1 aromatic rings. The molecule has 2 N–H and O–H groups in total. The van der Waals surface area contributed by atoms with Crippen molar-refractivity contribution in [2.24, 2.45) is 5.73 Å². The first-order valence-corrected chi connectivity index (χ1v) is 4.41. The van der Waals surface area contributed by atoms with Crippen LogP contribution in [0.5, 0.6) is 0 Å². The summed E-state index contributed by atoms with van der Waals surface area (Å²) in [5.41, 5.74) is 5.64. The van der Waals surface area contributed by atoms with Gasteiger partial charge in [0.1, 0.15) is 6.33 Å². The van der Waals surface area contributed by atoms with E-state index in [1.807, 2.05) is 0 Å². The van der Waals surface area contributed by atoms with Gasteiger partial charge in [0.2, 0.25) is 5.92 Å². The lowest BCUT2D eigenvalue weighted by molar-refractivity contribution is -0.123. The topological polar surface area (TPSA) is 51.8 Å². The van der Waals surface area contributed by atoms with Gasteiger partial charge in [-0.3, -0.25) is 0 Å². The fourth-order valence-electron chi connectivity index (χ4n) is 1.98. The summed E-state index contributed by atoms with van der Waals surface area (Å²) >= 11 is 0. The lowest BCUT2D eigenvalue weighted by Gasteiger charge is -2.46. The molecule has 0 spiro atoms. The van der Waals surface area contributed by atoms with Gasteiger partial charge in [0, 0.05) is 37.2 Å². The maximum absolute atomic E-state index is 12.8. The molecule has 3 nitrogen and oxygen atoms in total. The summed E-state index contributed by atoms with van der Waals surface area (Å²) in [6.07, 6.45) is 4.13. The van der Waals surface area contributed by atoms with Crippen molar-refractivity contribution in [3.8, 4) is 0 Å². The van der Waals surface area contributed by atoms with Crippen molar-refractivity contribution < 1.29 is 8.78 Å². The molecular formula is C9H11F2N3. The van der Waals surface area contributed by atoms with Gasteiger partial charge < -0.3 is 5.73 Å². The third-order valence-electron chi connectivity index (χ3n) is 2.76. The van der Waals surface area contributed by atoms with Crippen LogP contribution in [0.15, 0.2) is 18.7 Å². The minimum Gasteiger partial charge on any atom is -0.330 e. The van der Waals surface area contributed by atoms with Crippen LogP contribution in [0.4, 0.5) is 8.78 Å². The van der Waals surface area contributed by atoms with Gasteiger partial charge in [-0.05, 0) is 5.56 Å². The molecule has 5 heteroatoms. The van der Waals surface area contributed by atoms with E-state index in [1.165, 1.54) is 6.33 Å². The number of nitrogens with two attached hydrogens (primary N) is 1. The van der Waals surface area contributed by atoms with Gasteiger partial charge in [0.05, 0.1) is 0 Å². The first-order chi connectivity index (χ1) is 6.58. The van der Waals surface area contributed by atoms with Crippen molar-refractivity contribution in [2.45, 2.75) is 24.2 Å². The van der Waals surface area contributed by atoms with Gasteiger partial charge in [-0.2, -0.15) is 0 Å². The molecule has 0 radical (unpaired) electrons. The third kappa shape index (κ3) is 1.37. The summed E-state index contributed by atoms with van der Waals surface area (Å²) in [6.45, 7) is 0.218. The van der Waals surface area contributed by atoms with Crippen molar-refractivity contribution in [1.29, 1.82) is 0 Å². The second-order valence-electron chi connectivity index (χ2n) is 3.82. The van der Waals surface area contributed by atoms with E-state index in [9.17, 15) is 8.78 Å². The van der Waals surface area contributed by atoms with Gasteiger partial charge >= 0.3 is 0 Å². The smallest absolute Gasteiger partial charge is 0.250 e. The molecule has 1 aromatic heterocycles. The summed E-state index contributed by atoms with van der Waals surface area (Å²) in [5, 5.41) is 0.